The fourth-order valence-electron chi connectivity index (χ4n) is 1.71. The molecule has 0 bridgehead atoms. The van der Waals surface area contributed by atoms with E-state index in [0.717, 1.165) is 15.1 Å². The largest absolute Gasteiger partial charge is 0.417 e. The number of amides is 1. The molecule has 0 saturated heterocycles. The first-order valence-electron chi connectivity index (χ1n) is 6.09. The summed E-state index contributed by atoms with van der Waals surface area (Å²) in [5.41, 5.74) is -1.18. The molecule has 1 N–H and O–H groups in total. The van der Waals surface area contributed by atoms with Crippen LogP contribution in [-0.2, 0) is 17.5 Å². The van der Waals surface area contributed by atoms with Gasteiger partial charge < -0.3 is 9.88 Å². The minimum atomic E-state index is -4.57. The van der Waals surface area contributed by atoms with Crippen LogP contribution < -0.4 is 10.9 Å². The smallest absolute Gasteiger partial charge is 0.325 e. The molecule has 1 aromatic carbocycles. The van der Waals surface area contributed by atoms with Crippen LogP contribution in [0.2, 0.25) is 0 Å². The van der Waals surface area contributed by atoms with Gasteiger partial charge in [0.1, 0.15) is 6.54 Å². The van der Waals surface area contributed by atoms with Crippen LogP contribution in [0.15, 0.2) is 51.9 Å². The Morgan fingerprint density at radius 2 is 1.77 bits per heavy atom. The van der Waals surface area contributed by atoms with E-state index in [9.17, 15) is 22.8 Å². The zero-order chi connectivity index (χ0) is 16.3. The molecule has 0 spiro atoms. The Labute approximate surface area is 131 Å². The summed E-state index contributed by atoms with van der Waals surface area (Å²) in [4.78, 5) is 23.4. The molecule has 4 nitrogen and oxygen atoms in total. The van der Waals surface area contributed by atoms with Gasteiger partial charge in [0.15, 0.2) is 0 Å². The van der Waals surface area contributed by atoms with E-state index in [0.29, 0.717) is 18.0 Å². The van der Waals surface area contributed by atoms with Gasteiger partial charge in [-0.15, -0.1) is 0 Å². The molecule has 2 aromatic rings. The molecule has 2 rings (SSSR count). The monoisotopic (exact) mass is 374 g/mol. The highest BCUT2D eigenvalue weighted by Gasteiger charge is 2.31. The summed E-state index contributed by atoms with van der Waals surface area (Å²) >= 11 is 3.24. The van der Waals surface area contributed by atoms with E-state index in [1.54, 1.807) is 24.3 Å². The quantitative estimate of drug-likeness (QED) is 0.896. The first-order valence-corrected chi connectivity index (χ1v) is 6.88. The van der Waals surface area contributed by atoms with Gasteiger partial charge in [-0.3, -0.25) is 9.59 Å². The maximum atomic E-state index is 12.6. The van der Waals surface area contributed by atoms with Crippen LogP contribution in [0.5, 0.6) is 0 Å². The van der Waals surface area contributed by atoms with Crippen LogP contribution in [0.4, 0.5) is 18.9 Å². The summed E-state index contributed by atoms with van der Waals surface area (Å²) in [7, 11) is 0. The number of alkyl halides is 3. The molecule has 0 unspecified atom stereocenters. The summed E-state index contributed by atoms with van der Waals surface area (Å²) in [6.07, 6.45) is -3.94. The van der Waals surface area contributed by atoms with Gasteiger partial charge in [-0.25, -0.2) is 0 Å². The highest BCUT2D eigenvalue weighted by atomic mass is 79.9. The SMILES string of the molecule is O=C(Cn1cc(C(F)(F)F)ccc1=O)Nc1ccc(Br)cc1. The lowest BCUT2D eigenvalue weighted by molar-refractivity contribution is -0.138. The van der Waals surface area contributed by atoms with Crippen LogP contribution in [0.3, 0.4) is 0 Å². The third kappa shape index (κ3) is 4.20. The number of hydrogen-bond donors (Lipinski definition) is 1. The fraction of sp³-hybridized carbons (Fsp3) is 0.143. The summed E-state index contributed by atoms with van der Waals surface area (Å²) in [6.45, 7) is -0.501. The Kier molecular flexibility index (Phi) is 4.70. The number of anilines is 1. The van der Waals surface area contributed by atoms with Gasteiger partial charge >= 0.3 is 6.18 Å². The van der Waals surface area contributed by atoms with E-state index in [1.165, 1.54) is 0 Å². The molecule has 1 heterocycles. The number of rotatable bonds is 3. The third-order valence-electron chi connectivity index (χ3n) is 2.75. The number of benzene rings is 1. The minimum Gasteiger partial charge on any atom is -0.325 e. The lowest BCUT2D eigenvalue weighted by Gasteiger charge is -2.11. The standard InChI is InChI=1S/C14H10BrF3N2O2/c15-10-2-4-11(5-3-10)19-12(21)8-20-7-9(14(16,17)18)1-6-13(20)22/h1-7H,8H2,(H,19,21). The molecule has 1 amide bonds. The summed E-state index contributed by atoms with van der Waals surface area (Å²) in [5.74, 6) is -0.594. The van der Waals surface area contributed by atoms with Gasteiger partial charge in [-0.2, -0.15) is 13.2 Å². The zero-order valence-corrected chi connectivity index (χ0v) is 12.6. The van der Waals surface area contributed by atoms with Crippen molar-refractivity contribution in [3.8, 4) is 0 Å². The van der Waals surface area contributed by atoms with Gasteiger partial charge in [0.05, 0.1) is 5.56 Å². The van der Waals surface area contributed by atoms with Crippen LogP contribution in [0.25, 0.3) is 0 Å². The van der Waals surface area contributed by atoms with Gasteiger partial charge in [-0.05, 0) is 30.3 Å². The second kappa shape index (κ2) is 6.35. The van der Waals surface area contributed by atoms with Crippen molar-refractivity contribution in [1.29, 1.82) is 0 Å². The average molecular weight is 375 g/mol. The maximum Gasteiger partial charge on any atom is 0.417 e. The number of carbonyl (C=O) groups is 1. The van der Waals surface area contributed by atoms with E-state index < -0.39 is 29.8 Å². The van der Waals surface area contributed by atoms with E-state index >= 15 is 0 Å². The van der Waals surface area contributed by atoms with E-state index in [4.69, 9.17) is 0 Å². The normalized spacial score (nSPS) is 11.3. The molecular weight excluding hydrogens is 365 g/mol. The van der Waals surface area contributed by atoms with Gasteiger partial charge in [0.25, 0.3) is 5.56 Å². The molecule has 22 heavy (non-hydrogen) atoms. The second-order valence-corrected chi connectivity index (χ2v) is 5.35. The average Bonchev–Trinajstić information content (AvgIpc) is 2.42. The van der Waals surface area contributed by atoms with E-state index in [-0.39, 0.29) is 0 Å². The summed E-state index contributed by atoms with van der Waals surface area (Å²) in [5, 5.41) is 2.50. The van der Waals surface area contributed by atoms with Crippen LogP contribution in [0, 0.1) is 0 Å². The Morgan fingerprint density at radius 1 is 1.14 bits per heavy atom. The number of nitrogens with zero attached hydrogens (tertiary/aromatic N) is 1. The summed E-state index contributed by atoms with van der Waals surface area (Å²) < 4.78 is 39.3. The lowest BCUT2D eigenvalue weighted by Crippen LogP contribution is -2.28. The number of carbonyl (C=O) groups excluding carboxylic acids is 1. The van der Waals surface area contributed by atoms with Gasteiger partial charge in [0, 0.05) is 22.4 Å². The topological polar surface area (TPSA) is 51.1 Å². The molecule has 0 fully saturated rings. The molecule has 0 atom stereocenters. The van der Waals surface area contributed by atoms with Crippen molar-refractivity contribution in [1.82, 2.24) is 4.57 Å². The zero-order valence-electron chi connectivity index (χ0n) is 11.0. The van der Waals surface area contributed by atoms with Crippen molar-refractivity contribution in [3.63, 3.8) is 0 Å². The van der Waals surface area contributed by atoms with Crippen molar-refractivity contribution in [2.45, 2.75) is 12.7 Å². The van der Waals surface area contributed by atoms with Crippen LogP contribution >= 0.6 is 15.9 Å². The van der Waals surface area contributed by atoms with Gasteiger partial charge in [-0.1, -0.05) is 15.9 Å². The Bertz CT molecular complexity index is 739. The third-order valence-corrected chi connectivity index (χ3v) is 3.28. The van der Waals surface area contributed by atoms with E-state index in [1.807, 2.05) is 0 Å². The summed E-state index contributed by atoms with van der Waals surface area (Å²) in [6, 6.07) is 8.12. The molecule has 0 aliphatic rings. The first kappa shape index (κ1) is 16.3. The van der Waals surface area contributed by atoms with Crippen LogP contribution in [-0.4, -0.2) is 10.5 Å². The highest BCUT2D eigenvalue weighted by Crippen LogP contribution is 2.28. The van der Waals surface area contributed by atoms with Crippen molar-refractivity contribution >= 4 is 27.5 Å². The van der Waals surface area contributed by atoms with E-state index in [2.05, 4.69) is 21.2 Å². The number of pyridine rings is 1. The molecule has 8 heteroatoms. The Morgan fingerprint density at radius 3 is 2.36 bits per heavy atom. The molecular formula is C14H10BrF3N2O2. The predicted octanol–water partition coefficient (Wildman–Crippen LogP) is 3.27. The number of halogens is 4. The minimum absolute atomic E-state index is 0.480. The number of nitrogens with one attached hydrogen (secondary N) is 1. The molecule has 0 aliphatic carbocycles. The molecule has 116 valence electrons. The van der Waals surface area contributed by atoms with Gasteiger partial charge in [0.2, 0.25) is 5.91 Å². The van der Waals surface area contributed by atoms with Crippen molar-refractivity contribution < 1.29 is 18.0 Å². The molecule has 1 aromatic heterocycles. The molecule has 0 aliphatic heterocycles. The lowest BCUT2D eigenvalue weighted by atomic mass is 10.2. The van der Waals surface area contributed by atoms with Crippen molar-refractivity contribution in [3.05, 3.63) is 63.0 Å². The maximum absolute atomic E-state index is 12.6. The molecule has 0 radical (unpaired) electrons. The fourth-order valence-corrected chi connectivity index (χ4v) is 1.98. The Balaban J connectivity index is 2.14. The van der Waals surface area contributed by atoms with Crippen molar-refractivity contribution in [2.24, 2.45) is 0 Å². The first-order chi connectivity index (χ1) is 10.3. The number of aromatic nitrogens is 1. The van der Waals surface area contributed by atoms with Crippen molar-refractivity contribution in [2.75, 3.05) is 5.32 Å². The number of hydrogen-bond acceptors (Lipinski definition) is 2. The predicted molar refractivity (Wildman–Crippen MR) is 78.5 cm³/mol. The molecule has 0 saturated carbocycles. The highest BCUT2D eigenvalue weighted by molar-refractivity contribution is 9.10. The Hall–Kier alpha value is -2.09. The van der Waals surface area contributed by atoms with Crippen LogP contribution in [0.1, 0.15) is 5.56 Å². The second-order valence-electron chi connectivity index (χ2n) is 4.44.